The Bertz CT molecular complexity index is 848. The maximum absolute atomic E-state index is 13.1. The molecular formula is C20H21NO2. The molecule has 3 nitrogen and oxygen atoms in total. The van der Waals surface area contributed by atoms with E-state index in [1.54, 1.807) is 7.11 Å². The fraction of sp³-hybridized carbons (Fsp3) is 0.250. The number of aromatic nitrogens is 1. The van der Waals surface area contributed by atoms with Crippen LogP contribution in [0.2, 0.25) is 0 Å². The van der Waals surface area contributed by atoms with E-state index in [1.165, 1.54) is 0 Å². The van der Waals surface area contributed by atoms with Crippen LogP contribution in [0.1, 0.15) is 42.2 Å². The van der Waals surface area contributed by atoms with Crippen LogP contribution < -0.4 is 4.74 Å². The van der Waals surface area contributed by atoms with Crippen LogP contribution in [-0.4, -0.2) is 17.5 Å². The Hall–Kier alpha value is -2.55. The summed E-state index contributed by atoms with van der Waals surface area (Å²) in [4.78, 5) is 13.1. The lowest BCUT2D eigenvalue weighted by Crippen LogP contribution is -2.04. The van der Waals surface area contributed by atoms with Crippen molar-refractivity contribution in [3.8, 4) is 5.75 Å². The molecule has 0 aliphatic rings. The van der Waals surface area contributed by atoms with Crippen molar-refractivity contribution in [3.63, 3.8) is 0 Å². The third-order valence-corrected chi connectivity index (χ3v) is 4.40. The Balaban J connectivity index is 2.18. The number of fused-ring (bicyclic) bond motifs is 1. The molecule has 1 heterocycles. The lowest BCUT2D eigenvalue weighted by atomic mass is 10.0. The summed E-state index contributed by atoms with van der Waals surface area (Å²) in [6.07, 6.45) is 2.99. The molecule has 0 aliphatic heterocycles. The first-order valence-corrected chi connectivity index (χ1v) is 7.94. The SMILES string of the molecule is CCC(C)n1cc(C(=O)c2ccccc2OC)c2ccccc21. The molecule has 0 fully saturated rings. The first kappa shape index (κ1) is 15.3. The van der Waals surface area contributed by atoms with Gasteiger partial charge >= 0.3 is 0 Å². The van der Waals surface area contributed by atoms with Gasteiger partial charge in [0.1, 0.15) is 5.75 Å². The van der Waals surface area contributed by atoms with Crippen molar-refractivity contribution in [3.05, 3.63) is 65.9 Å². The predicted octanol–water partition coefficient (Wildman–Crippen LogP) is 4.85. The smallest absolute Gasteiger partial charge is 0.198 e. The van der Waals surface area contributed by atoms with E-state index < -0.39 is 0 Å². The molecule has 0 N–H and O–H groups in total. The Morgan fingerprint density at radius 3 is 2.52 bits per heavy atom. The van der Waals surface area contributed by atoms with Crippen LogP contribution in [0.15, 0.2) is 54.7 Å². The number of hydrogen-bond acceptors (Lipinski definition) is 2. The Morgan fingerprint density at radius 1 is 1.09 bits per heavy atom. The number of hydrogen-bond donors (Lipinski definition) is 0. The van der Waals surface area contributed by atoms with Crippen LogP contribution in [0.25, 0.3) is 10.9 Å². The fourth-order valence-corrected chi connectivity index (χ4v) is 2.92. The van der Waals surface area contributed by atoms with E-state index >= 15 is 0 Å². The minimum atomic E-state index is 0.000651. The summed E-state index contributed by atoms with van der Waals surface area (Å²) in [5.41, 5.74) is 2.42. The summed E-state index contributed by atoms with van der Waals surface area (Å²) in [6, 6.07) is 15.8. The van der Waals surface area contributed by atoms with E-state index in [0.717, 1.165) is 22.9 Å². The van der Waals surface area contributed by atoms with Crippen LogP contribution in [-0.2, 0) is 0 Å². The van der Waals surface area contributed by atoms with E-state index in [9.17, 15) is 4.79 Å². The molecule has 1 atom stereocenters. The van der Waals surface area contributed by atoms with Gasteiger partial charge in [-0.3, -0.25) is 4.79 Å². The van der Waals surface area contributed by atoms with Crippen molar-refractivity contribution in [1.29, 1.82) is 0 Å². The van der Waals surface area contributed by atoms with Crippen LogP contribution in [0, 0.1) is 0 Å². The third kappa shape index (κ3) is 2.63. The highest BCUT2D eigenvalue weighted by Gasteiger charge is 2.20. The van der Waals surface area contributed by atoms with Gasteiger partial charge in [-0.2, -0.15) is 0 Å². The van der Waals surface area contributed by atoms with Crippen LogP contribution in [0.3, 0.4) is 0 Å². The number of para-hydroxylation sites is 2. The van der Waals surface area contributed by atoms with Crippen molar-refractivity contribution in [2.45, 2.75) is 26.3 Å². The number of ether oxygens (including phenoxy) is 1. The third-order valence-electron chi connectivity index (χ3n) is 4.40. The Labute approximate surface area is 136 Å². The summed E-state index contributed by atoms with van der Waals surface area (Å²) >= 11 is 0. The van der Waals surface area contributed by atoms with Gasteiger partial charge in [-0.15, -0.1) is 0 Å². The van der Waals surface area contributed by atoms with E-state index in [1.807, 2.05) is 48.7 Å². The molecule has 118 valence electrons. The summed E-state index contributed by atoms with van der Waals surface area (Å²) in [5.74, 6) is 0.610. The number of rotatable bonds is 5. The van der Waals surface area contributed by atoms with Crippen molar-refractivity contribution < 1.29 is 9.53 Å². The molecule has 0 bridgehead atoms. The molecule has 2 aromatic carbocycles. The standard InChI is InChI=1S/C20H21NO2/c1-4-14(2)21-13-17(15-9-5-7-11-18(15)21)20(22)16-10-6-8-12-19(16)23-3/h5-14H,4H2,1-3H3. The summed E-state index contributed by atoms with van der Waals surface area (Å²) in [7, 11) is 1.59. The molecular weight excluding hydrogens is 286 g/mol. The van der Waals surface area contributed by atoms with Gasteiger partial charge in [0.15, 0.2) is 5.78 Å². The number of nitrogens with zero attached hydrogens (tertiary/aromatic N) is 1. The quantitative estimate of drug-likeness (QED) is 0.631. The molecule has 0 aliphatic carbocycles. The maximum atomic E-state index is 13.1. The molecule has 0 saturated carbocycles. The second-order valence-corrected chi connectivity index (χ2v) is 5.75. The minimum absolute atomic E-state index is 0.000651. The highest BCUT2D eigenvalue weighted by molar-refractivity contribution is 6.17. The number of benzene rings is 2. The lowest BCUT2D eigenvalue weighted by Gasteiger charge is -2.12. The van der Waals surface area contributed by atoms with Crippen LogP contribution >= 0.6 is 0 Å². The molecule has 0 spiro atoms. The van der Waals surface area contributed by atoms with Gasteiger partial charge in [-0.05, 0) is 31.5 Å². The molecule has 1 aromatic heterocycles. The van der Waals surface area contributed by atoms with Gasteiger partial charge in [-0.25, -0.2) is 0 Å². The van der Waals surface area contributed by atoms with Gasteiger partial charge in [0, 0.05) is 28.7 Å². The van der Waals surface area contributed by atoms with Crippen molar-refractivity contribution in [2.24, 2.45) is 0 Å². The molecule has 3 heteroatoms. The van der Waals surface area contributed by atoms with Gasteiger partial charge < -0.3 is 9.30 Å². The van der Waals surface area contributed by atoms with E-state index in [0.29, 0.717) is 17.4 Å². The Morgan fingerprint density at radius 2 is 1.78 bits per heavy atom. The van der Waals surface area contributed by atoms with Gasteiger partial charge in [0.2, 0.25) is 0 Å². The minimum Gasteiger partial charge on any atom is -0.496 e. The van der Waals surface area contributed by atoms with E-state index in [2.05, 4.69) is 24.5 Å². The summed E-state index contributed by atoms with van der Waals surface area (Å²) in [6.45, 7) is 4.32. The predicted molar refractivity (Wildman–Crippen MR) is 93.4 cm³/mol. The summed E-state index contributed by atoms with van der Waals surface area (Å²) < 4.78 is 7.54. The van der Waals surface area contributed by atoms with Crippen molar-refractivity contribution >= 4 is 16.7 Å². The van der Waals surface area contributed by atoms with Crippen LogP contribution in [0.5, 0.6) is 5.75 Å². The second kappa shape index (κ2) is 6.29. The topological polar surface area (TPSA) is 31.2 Å². The highest BCUT2D eigenvalue weighted by Crippen LogP contribution is 2.29. The lowest BCUT2D eigenvalue weighted by molar-refractivity contribution is 0.103. The highest BCUT2D eigenvalue weighted by atomic mass is 16.5. The number of carbonyl (C=O) groups excluding carboxylic acids is 1. The van der Waals surface area contributed by atoms with E-state index in [4.69, 9.17) is 4.74 Å². The zero-order valence-electron chi connectivity index (χ0n) is 13.7. The monoisotopic (exact) mass is 307 g/mol. The summed E-state index contributed by atoms with van der Waals surface area (Å²) in [5, 5.41) is 0.990. The Kier molecular flexibility index (Phi) is 4.20. The number of carbonyl (C=O) groups is 1. The fourth-order valence-electron chi connectivity index (χ4n) is 2.92. The van der Waals surface area contributed by atoms with Gasteiger partial charge in [-0.1, -0.05) is 37.3 Å². The van der Waals surface area contributed by atoms with Gasteiger partial charge in [0.05, 0.1) is 12.7 Å². The van der Waals surface area contributed by atoms with Crippen LogP contribution in [0.4, 0.5) is 0 Å². The second-order valence-electron chi connectivity index (χ2n) is 5.75. The number of ketones is 1. The molecule has 3 aromatic rings. The first-order chi connectivity index (χ1) is 11.2. The zero-order valence-corrected chi connectivity index (χ0v) is 13.7. The number of methoxy groups -OCH3 is 1. The average Bonchev–Trinajstić information content (AvgIpc) is 3.00. The van der Waals surface area contributed by atoms with Gasteiger partial charge in [0.25, 0.3) is 0 Å². The normalized spacial score (nSPS) is 12.3. The molecule has 0 saturated heterocycles. The zero-order chi connectivity index (χ0) is 16.4. The molecule has 0 radical (unpaired) electrons. The molecule has 0 amide bonds. The van der Waals surface area contributed by atoms with E-state index in [-0.39, 0.29) is 5.78 Å². The molecule has 1 unspecified atom stereocenters. The molecule has 23 heavy (non-hydrogen) atoms. The largest absolute Gasteiger partial charge is 0.496 e. The average molecular weight is 307 g/mol. The van der Waals surface area contributed by atoms with Crippen molar-refractivity contribution in [1.82, 2.24) is 4.57 Å². The molecule has 3 rings (SSSR count). The van der Waals surface area contributed by atoms with Crippen molar-refractivity contribution in [2.75, 3.05) is 7.11 Å². The first-order valence-electron chi connectivity index (χ1n) is 7.94. The maximum Gasteiger partial charge on any atom is 0.198 e.